The number of carbonyl (C=O) groups is 1. The second-order valence-electron chi connectivity index (χ2n) is 5.77. The van der Waals surface area contributed by atoms with E-state index >= 15 is 0 Å². The number of thiophene rings is 1. The third kappa shape index (κ3) is 2.20. The molecule has 1 aliphatic heterocycles. The Morgan fingerprint density at radius 2 is 2.21 bits per heavy atom. The van der Waals surface area contributed by atoms with E-state index in [1.54, 1.807) is 14.0 Å². The highest BCUT2D eigenvalue weighted by Crippen LogP contribution is 2.33. The molecule has 0 fully saturated rings. The molecule has 7 heteroatoms. The lowest BCUT2D eigenvalue weighted by molar-refractivity contribution is 0.0934. The quantitative estimate of drug-likeness (QED) is 0.775. The minimum atomic E-state index is -0.206. The molecule has 1 N–H and O–H groups in total. The Morgan fingerprint density at radius 1 is 1.42 bits per heavy atom. The molecule has 6 nitrogen and oxygen atoms in total. The molecule has 0 bridgehead atoms. The SMILES string of the molecule is Cc1c(C(=O)N[C@H]2COc3ccccc32)sc2ncn(C)c(=O)c12. The Labute approximate surface area is 141 Å². The number of hydrogen-bond donors (Lipinski definition) is 1. The summed E-state index contributed by atoms with van der Waals surface area (Å²) in [5, 5.41) is 3.51. The zero-order valence-electron chi connectivity index (χ0n) is 13.2. The van der Waals surface area contributed by atoms with Gasteiger partial charge < -0.3 is 14.6 Å². The smallest absolute Gasteiger partial charge is 0.262 e. The molecule has 3 aromatic rings. The van der Waals surface area contributed by atoms with Crippen molar-refractivity contribution < 1.29 is 9.53 Å². The number of hydrogen-bond acceptors (Lipinski definition) is 5. The molecule has 0 saturated heterocycles. The molecule has 0 spiro atoms. The van der Waals surface area contributed by atoms with Gasteiger partial charge in [-0.2, -0.15) is 0 Å². The largest absolute Gasteiger partial charge is 0.491 e. The van der Waals surface area contributed by atoms with Crippen LogP contribution in [-0.4, -0.2) is 22.1 Å². The number of amides is 1. The van der Waals surface area contributed by atoms with Gasteiger partial charge in [-0.1, -0.05) is 18.2 Å². The van der Waals surface area contributed by atoms with Crippen molar-refractivity contribution in [2.24, 2.45) is 7.05 Å². The van der Waals surface area contributed by atoms with Gasteiger partial charge in [-0.3, -0.25) is 9.59 Å². The fourth-order valence-electron chi connectivity index (χ4n) is 2.93. The van der Waals surface area contributed by atoms with Crippen LogP contribution in [0.3, 0.4) is 0 Å². The summed E-state index contributed by atoms with van der Waals surface area (Å²) < 4.78 is 7.02. The number of aryl methyl sites for hydroxylation is 2. The first kappa shape index (κ1) is 14.9. The standard InChI is InChI=1S/C17H15N3O3S/c1-9-13-16(18-8-20(2)17(13)22)24-14(9)15(21)19-11-7-23-12-6-4-3-5-10(11)12/h3-6,8,11H,7H2,1-2H3,(H,19,21)/t11-/m0/s1. The van der Waals surface area contributed by atoms with Crippen LogP contribution in [-0.2, 0) is 7.05 Å². The van der Waals surface area contributed by atoms with Gasteiger partial charge in [-0.05, 0) is 18.6 Å². The van der Waals surface area contributed by atoms with Gasteiger partial charge in [-0.25, -0.2) is 4.98 Å². The summed E-state index contributed by atoms with van der Waals surface area (Å²) in [6.07, 6.45) is 1.48. The average Bonchev–Trinajstić information content (AvgIpc) is 3.13. The number of rotatable bonds is 2. The van der Waals surface area contributed by atoms with Crippen molar-refractivity contribution in [1.82, 2.24) is 14.9 Å². The molecular weight excluding hydrogens is 326 g/mol. The van der Waals surface area contributed by atoms with Crippen LogP contribution in [0.1, 0.15) is 26.8 Å². The van der Waals surface area contributed by atoms with Gasteiger partial charge in [-0.15, -0.1) is 11.3 Å². The summed E-state index contributed by atoms with van der Waals surface area (Å²) >= 11 is 1.24. The third-order valence-electron chi connectivity index (χ3n) is 4.22. The van der Waals surface area contributed by atoms with E-state index in [-0.39, 0.29) is 17.5 Å². The lowest BCUT2D eigenvalue weighted by Gasteiger charge is -2.11. The van der Waals surface area contributed by atoms with E-state index in [0.29, 0.717) is 27.3 Å². The van der Waals surface area contributed by atoms with Crippen LogP contribution >= 0.6 is 11.3 Å². The van der Waals surface area contributed by atoms with Crippen molar-refractivity contribution in [1.29, 1.82) is 0 Å². The number of carbonyl (C=O) groups excluding carboxylic acids is 1. The molecular formula is C17H15N3O3S. The maximum Gasteiger partial charge on any atom is 0.262 e. The van der Waals surface area contributed by atoms with Gasteiger partial charge in [0.2, 0.25) is 0 Å². The van der Waals surface area contributed by atoms with Gasteiger partial charge >= 0.3 is 0 Å². The summed E-state index contributed by atoms with van der Waals surface area (Å²) in [6.45, 7) is 2.20. The van der Waals surface area contributed by atoms with Gasteiger partial charge in [0.25, 0.3) is 11.5 Å². The summed E-state index contributed by atoms with van der Waals surface area (Å²) in [5.41, 5.74) is 1.51. The first-order valence-electron chi connectivity index (χ1n) is 7.53. The highest BCUT2D eigenvalue weighted by atomic mass is 32.1. The molecule has 4 rings (SSSR count). The number of nitrogens with zero attached hydrogens (tertiary/aromatic N) is 2. The predicted octanol–water partition coefficient (Wildman–Crippen LogP) is 2.17. The van der Waals surface area contributed by atoms with E-state index in [2.05, 4.69) is 10.3 Å². The van der Waals surface area contributed by atoms with Crippen LogP contribution in [0.15, 0.2) is 35.4 Å². The molecule has 1 aliphatic rings. The van der Waals surface area contributed by atoms with Gasteiger partial charge in [0.05, 0.1) is 22.6 Å². The van der Waals surface area contributed by atoms with Crippen molar-refractivity contribution in [3.8, 4) is 5.75 Å². The monoisotopic (exact) mass is 341 g/mol. The lowest BCUT2D eigenvalue weighted by Crippen LogP contribution is -2.29. The minimum Gasteiger partial charge on any atom is -0.491 e. The van der Waals surface area contributed by atoms with Crippen molar-refractivity contribution >= 4 is 27.5 Å². The van der Waals surface area contributed by atoms with Gasteiger partial charge in [0, 0.05) is 12.6 Å². The van der Waals surface area contributed by atoms with E-state index in [9.17, 15) is 9.59 Å². The zero-order chi connectivity index (χ0) is 16.8. The minimum absolute atomic E-state index is 0.137. The van der Waals surface area contributed by atoms with Crippen LogP contribution < -0.4 is 15.6 Å². The van der Waals surface area contributed by atoms with E-state index in [1.807, 2.05) is 24.3 Å². The van der Waals surface area contributed by atoms with Crippen LogP contribution in [0.4, 0.5) is 0 Å². The fraction of sp³-hybridized carbons (Fsp3) is 0.235. The number of ether oxygens (including phenoxy) is 1. The van der Waals surface area contributed by atoms with Crippen molar-refractivity contribution in [2.45, 2.75) is 13.0 Å². The number of fused-ring (bicyclic) bond motifs is 2. The van der Waals surface area contributed by atoms with Crippen molar-refractivity contribution in [3.05, 3.63) is 57.0 Å². The topological polar surface area (TPSA) is 73.2 Å². The van der Waals surface area contributed by atoms with Gasteiger partial charge in [0.1, 0.15) is 17.2 Å². The van der Waals surface area contributed by atoms with E-state index in [0.717, 1.165) is 11.3 Å². The van der Waals surface area contributed by atoms with Crippen LogP contribution in [0.5, 0.6) is 5.75 Å². The summed E-state index contributed by atoms with van der Waals surface area (Å²) in [7, 11) is 1.65. The summed E-state index contributed by atoms with van der Waals surface area (Å²) in [6, 6.07) is 7.47. The van der Waals surface area contributed by atoms with Crippen LogP contribution in [0, 0.1) is 6.92 Å². The summed E-state index contributed by atoms with van der Waals surface area (Å²) in [5.74, 6) is 0.592. The summed E-state index contributed by atoms with van der Waals surface area (Å²) in [4.78, 5) is 30.3. The Kier molecular flexibility index (Phi) is 3.38. The van der Waals surface area contributed by atoms with Crippen LogP contribution in [0.25, 0.3) is 10.2 Å². The molecule has 122 valence electrons. The normalized spacial score (nSPS) is 16.0. The fourth-order valence-corrected chi connectivity index (χ4v) is 3.97. The Morgan fingerprint density at radius 3 is 3.04 bits per heavy atom. The predicted molar refractivity (Wildman–Crippen MR) is 91.7 cm³/mol. The molecule has 1 atom stereocenters. The number of benzene rings is 1. The Bertz CT molecular complexity index is 1020. The maximum absolute atomic E-state index is 12.7. The number of aromatic nitrogens is 2. The van der Waals surface area contributed by atoms with E-state index in [1.165, 1.54) is 22.2 Å². The molecule has 0 aliphatic carbocycles. The lowest BCUT2D eigenvalue weighted by atomic mass is 10.1. The second kappa shape index (κ2) is 5.45. The van der Waals surface area contributed by atoms with Crippen molar-refractivity contribution in [2.75, 3.05) is 6.61 Å². The first-order valence-corrected chi connectivity index (χ1v) is 8.35. The second-order valence-corrected chi connectivity index (χ2v) is 6.77. The number of nitrogens with one attached hydrogen (secondary N) is 1. The molecule has 0 unspecified atom stereocenters. The molecule has 24 heavy (non-hydrogen) atoms. The molecule has 0 saturated carbocycles. The average molecular weight is 341 g/mol. The number of para-hydroxylation sites is 1. The Balaban J connectivity index is 1.69. The van der Waals surface area contributed by atoms with Crippen molar-refractivity contribution in [3.63, 3.8) is 0 Å². The van der Waals surface area contributed by atoms with E-state index < -0.39 is 0 Å². The maximum atomic E-state index is 12.7. The molecule has 3 heterocycles. The molecule has 1 aromatic carbocycles. The molecule has 2 aromatic heterocycles. The molecule has 0 radical (unpaired) electrons. The third-order valence-corrected chi connectivity index (χ3v) is 5.42. The highest BCUT2D eigenvalue weighted by Gasteiger charge is 2.27. The highest BCUT2D eigenvalue weighted by molar-refractivity contribution is 7.20. The first-order chi connectivity index (χ1) is 11.6. The van der Waals surface area contributed by atoms with E-state index in [4.69, 9.17) is 4.74 Å². The zero-order valence-corrected chi connectivity index (χ0v) is 14.0. The molecule has 1 amide bonds. The van der Waals surface area contributed by atoms with Crippen LogP contribution in [0.2, 0.25) is 0 Å². The van der Waals surface area contributed by atoms with Gasteiger partial charge in [0.15, 0.2) is 0 Å². The Hall–Kier alpha value is -2.67.